The largest absolute Gasteiger partial charge is 0.516 e. The molecule has 0 unspecified atom stereocenters. The molecule has 1 aromatic rings. The van der Waals surface area contributed by atoms with Crippen molar-refractivity contribution in [3.05, 3.63) is 47.0 Å². The molecular weight excluding hydrogens is 136 g/mol. The van der Waals surface area contributed by atoms with Crippen molar-refractivity contribution >= 4 is 12.7 Å². The number of hydrogen-bond donors (Lipinski definition) is 1. The second kappa shape index (κ2) is 3.62. The van der Waals surface area contributed by atoms with Crippen molar-refractivity contribution in [3.8, 4) is 0 Å². The quantitative estimate of drug-likeness (QED) is 0.585. The molecule has 1 heteroatoms. The van der Waals surface area contributed by atoms with Crippen LogP contribution in [0, 0.1) is 0 Å². The first-order valence-electron chi connectivity index (χ1n) is 3.39. The highest BCUT2D eigenvalue weighted by Gasteiger charge is 1.76. The van der Waals surface area contributed by atoms with Crippen LogP contribution in [-0.2, 0) is 0 Å². The molecule has 1 nitrogen and oxygen atoms in total. The number of aliphatic hydroxyl groups excluding tert-OH is 1. The van der Waals surface area contributed by atoms with Gasteiger partial charge in [-0.1, -0.05) is 36.9 Å². The van der Waals surface area contributed by atoms with Gasteiger partial charge in [0.15, 0.2) is 0 Å². The minimum atomic E-state index is 0.964. The molecule has 0 heterocycles. The third kappa shape index (κ3) is 1.97. The molecule has 0 aliphatic carbocycles. The number of rotatable bonds is 1. The van der Waals surface area contributed by atoms with Gasteiger partial charge in [-0.2, -0.15) is 0 Å². The molecule has 0 aliphatic heterocycles. The first-order valence-corrected chi connectivity index (χ1v) is 3.39. The van der Waals surface area contributed by atoms with E-state index in [4.69, 9.17) is 5.11 Å². The summed E-state index contributed by atoms with van der Waals surface area (Å²) >= 11 is 0. The molecule has 0 saturated carbocycles. The lowest BCUT2D eigenvalue weighted by molar-refractivity contribution is 0.474. The summed E-state index contributed by atoms with van der Waals surface area (Å²) in [5, 5.41) is 10.4. The van der Waals surface area contributed by atoms with Crippen molar-refractivity contribution in [3.63, 3.8) is 0 Å². The lowest BCUT2D eigenvalue weighted by Crippen LogP contribution is -2.21. The van der Waals surface area contributed by atoms with Crippen LogP contribution in [0.2, 0.25) is 0 Å². The first-order chi connectivity index (χ1) is 5.34. The van der Waals surface area contributed by atoms with E-state index in [1.807, 2.05) is 30.3 Å². The fourth-order valence-electron chi connectivity index (χ4n) is 0.843. The van der Waals surface area contributed by atoms with E-state index in [1.165, 1.54) is 0 Å². The minimum absolute atomic E-state index is 0.964. The maximum absolute atomic E-state index is 8.39. The second-order valence-corrected chi connectivity index (χ2v) is 2.21. The molecule has 0 fully saturated rings. The zero-order valence-corrected chi connectivity index (χ0v) is 6.20. The Morgan fingerprint density at radius 1 is 1.27 bits per heavy atom. The Bertz CT molecular complexity index is 349. The summed E-state index contributed by atoms with van der Waals surface area (Å²) in [6.07, 6.45) is 4.39. The Morgan fingerprint density at radius 2 is 2.00 bits per heavy atom. The molecule has 11 heavy (non-hydrogen) atoms. The predicted octanol–water partition coefficient (Wildman–Crippen LogP) is 0.949. The minimum Gasteiger partial charge on any atom is -0.516 e. The smallest absolute Gasteiger partial charge is 0.0791 e. The molecule has 0 amide bonds. The fraction of sp³-hybridized carbons (Fsp3) is 0. The van der Waals surface area contributed by atoms with Gasteiger partial charge < -0.3 is 5.11 Å². The molecule has 1 N–H and O–H groups in total. The van der Waals surface area contributed by atoms with Crippen molar-refractivity contribution in [2.45, 2.75) is 0 Å². The normalized spacial score (nSPS) is 12.5. The molecule has 0 aliphatic rings. The zero-order chi connectivity index (χ0) is 8.10. The van der Waals surface area contributed by atoms with Crippen LogP contribution in [0.5, 0.6) is 0 Å². The van der Waals surface area contributed by atoms with Gasteiger partial charge >= 0.3 is 0 Å². The zero-order valence-electron chi connectivity index (χ0n) is 6.20. The van der Waals surface area contributed by atoms with Gasteiger partial charge in [0.25, 0.3) is 0 Å². The Hall–Kier alpha value is -1.50. The Morgan fingerprint density at radius 3 is 2.64 bits per heavy atom. The third-order valence-corrected chi connectivity index (χ3v) is 1.42. The maximum atomic E-state index is 8.39. The highest BCUT2D eigenvalue weighted by molar-refractivity contribution is 5.36. The predicted molar refractivity (Wildman–Crippen MR) is 47.4 cm³/mol. The number of allylic oxidation sites excluding steroid dienone is 1. The molecule has 0 saturated heterocycles. The van der Waals surface area contributed by atoms with Crippen LogP contribution >= 0.6 is 0 Å². The van der Waals surface area contributed by atoms with Gasteiger partial charge in [0.05, 0.1) is 6.26 Å². The average Bonchev–Trinajstić information content (AvgIpc) is 2.03. The third-order valence-electron chi connectivity index (χ3n) is 1.42. The van der Waals surface area contributed by atoms with E-state index in [1.54, 1.807) is 6.08 Å². The van der Waals surface area contributed by atoms with Gasteiger partial charge in [-0.25, -0.2) is 0 Å². The molecule has 1 rings (SSSR count). The van der Waals surface area contributed by atoms with Crippen molar-refractivity contribution in [1.29, 1.82) is 0 Å². The van der Waals surface area contributed by atoms with Gasteiger partial charge in [-0.15, -0.1) is 0 Å². The van der Waals surface area contributed by atoms with Crippen LogP contribution in [0.3, 0.4) is 0 Å². The van der Waals surface area contributed by atoms with Crippen LogP contribution < -0.4 is 10.4 Å². The molecule has 0 bridgehead atoms. The van der Waals surface area contributed by atoms with E-state index >= 15 is 0 Å². The van der Waals surface area contributed by atoms with E-state index in [2.05, 4.69) is 6.58 Å². The van der Waals surface area contributed by atoms with Gasteiger partial charge in [-0.3, -0.25) is 0 Å². The molecule has 56 valence electrons. The standard InChI is InChI=1S/C10H10O/c1-9-5-2-3-6-10(9)7-4-8-11/h2-8,11H,1H2/b8-4-,10-7-. The monoisotopic (exact) mass is 146 g/mol. The maximum Gasteiger partial charge on any atom is 0.0791 e. The van der Waals surface area contributed by atoms with E-state index in [9.17, 15) is 0 Å². The van der Waals surface area contributed by atoms with E-state index < -0.39 is 0 Å². The van der Waals surface area contributed by atoms with Crippen LogP contribution in [0.15, 0.2) is 36.6 Å². The van der Waals surface area contributed by atoms with Crippen molar-refractivity contribution < 1.29 is 5.11 Å². The molecule has 0 atom stereocenters. The molecule has 0 spiro atoms. The Balaban J connectivity index is 3.24. The van der Waals surface area contributed by atoms with Gasteiger partial charge in [0, 0.05) is 0 Å². The SMILES string of the molecule is C=c1cccc/c1=C/C=C\O. The summed E-state index contributed by atoms with van der Waals surface area (Å²) in [4.78, 5) is 0. The van der Waals surface area contributed by atoms with Crippen molar-refractivity contribution in [2.75, 3.05) is 0 Å². The van der Waals surface area contributed by atoms with Crippen LogP contribution in [-0.4, -0.2) is 5.11 Å². The lowest BCUT2D eigenvalue weighted by Gasteiger charge is -1.84. The first kappa shape index (κ1) is 7.61. The van der Waals surface area contributed by atoms with Crippen molar-refractivity contribution in [2.24, 2.45) is 0 Å². The van der Waals surface area contributed by atoms with E-state index in [-0.39, 0.29) is 0 Å². The van der Waals surface area contributed by atoms with E-state index in [0.717, 1.165) is 16.7 Å². The lowest BCUT2D eigenvalue weighted by atomic mass is 10.2. The summed E-state index contributed by atoms with van der Waals surface area (Å²) in [6, 6.07) is 7.74. The molecular formula is C10H10O. The number of hydrogen-bond acceptors (Lipinski definition) is 1. The van der Waals surface area contributed by atoms with Crippen LogP contribution in [0.25, 0.3) is 12.7 Å². The number of benzene rings is 1. The summed E-state index contributed by atoms with van der Waals surface area (Å²) < 4.78 is 0. The Labute approximate surface area is 65.6 Å². The second-order valence-electron chi connectivity index (χ2n) is 2.21. The van der Waals surface area contributed by atoms with Gasteiger partial charge in [-0.05, 0) is 16.5 Å². The average molecular weight is 146 g/mol. The summed E-state index contributed by atoms with van der Waals surface area (Å²) in [5.74, 6) is 0. The van der Waals surface area contributed by atoms with Gasteiger partial charge in [0.2, 0.25) is 0 Å². The molecule has 0 aromatic heterocycles. The highest BCUT2D eigenvalue weighted by atomic mass is 16.2. The topological polar surface area (TPSA) is 20.2 Å². The molecule has 1 aromatic carbocycles. The summed E-state index contributed by atoms with van der Waals surface area (Å²) in [5.41, 5.74) is 0. The Kier molecular flexibility index (Phi) is 2.50. The molecule has 0 radical (unpaired) electrons. The summed E-state index contributed by atoms with van der Waals surface area (Å²) in [6.45, 7) is 3.83. The number of aliphatic hydroxyl groups is 1. The van der Waals surface area contributed by atoms with E-state index in [0.29, 0.717) is 0 Å². The van der Waals surface area contributed by atoms with Crippen LogP contribution in [0.4, 0.5) is 0 Å². The highest BCUT2D eigenvalue weighted by Crippen LogP contribution is 1.72. The van der Waals surface area contributed by atoms with Gasteiger partial charge in [0.1, 0.15) is 0 Å². The fourth-order valence-corrected chi connectivity index (χ4v) is 0.843. The van der Waals surface area contributed by atoms with Crippen molar-refractivity contribution in [1.82, 2.24) is 0 Å². The van der Waals surface area contributed by atoms with Crippen LogP contribution in [0.1, 0.15) is 0 Å². The summed E-state index contributed by atoms with van der Waals surface area (Å²) in [7, 11) is 0.